The zero-order valence-corrected chi connectivity index (χ0v) is 16.7. The Morgan fingerprint density at radius 3 is 2.53 bits per heavy atom. The molecule has 152 valence electrons. The lowest BCUT2D eigenvalue weighted by atomic mass is 9.94. The minimum Gasteiger partial charge on any atom is -0.497 e. The maximum atomic E-state index is 12.7. The number of ketones is 1. The molecule has 2 aliphatic heterocycles. The minimum absolute atomic E-state index is 0.0680. The van der Waals surface area contributed by atoms with Gasteiger partial charge in [0.05, 0.1) is 13.7 Å². The molecule has 0 aliphatic carbocycles. The van der Waals surface area contributed by atoms with E-state index in [1.807, 2.05) is 42.2 Å². The quantitative estimate of drug-likeness (QED) is 0.601. The van der Waals surface area contributed by atoms with Gasteiger partial charge in [-0.3, -0.25) is 19.8 Å². The van der Waals surface area contributed by atoms with Gasteiger partial charge >= 0.3 is 6.03 Å². The maximum absolute atomic E-state index is 12.7. The van der Waals surface area contributed by atoms with Gasteiger partial charge in [0.15, 0.2) is 11.3 Å². The van der Waals surface area contributed by atoms with Crippen LogP contribution in [0.5, 0.6) is 5.75 Å². The largest absolute Gasteiger partial charge is 0.497 e. The minimum atomic E-state index is -1.42. The Labute approximate surface area is 174 Å². The first-order chi connectivity index (χ1) is 14.4. The molecular weight excluding hydrogens is 382 g/mol. The number of fused-ring (bicyclic) bond motifs is 1. The van der Waals surface area contributed by atoms with Crippen LogP contribution in [0.3, 0.4) is 0 Å². The van der Waals surface area contributed by atoms with Gasteiger partial charge in [0, 0.05) is 24.2 Å². The Morgan fingerprint density at radius 2 is 1.87 bits per heavy atom. The number of benzene rings is 2. The number of nitrogens with zero attached hydrogens (tertiary/aromatic N) is 1. The summed E-state index contributed by atoms with van der Waals surface area (Å²) in [4.78, 5) is 39.0. The summed E-state index contributed by atoms with van der Waals surface area (Å²) in [5, 5.41) is 4.93. The number of carbonyl (C=O) groups is 3. The van der Waals surface area contributed by atoms with Crippen LogP contribution < -0.4 is 15.4 Å². The number of hydrogen-bond acceptors (Lipinski definition) is 5. The third-order valence-corrected chi connectivity index (χ3v) is 5.25. The summed E-state index contributed by atoms with van der Waals surface area (Å²) in [5.74, 6) is 5.98. The Kier molecular flexibility index (Phi) is 5.02. The first-order valence-corrected chi connectivity index (χ1v) is 9.54. The fraction of sp³-hybridized carbons (Fsp3) is 0.261. The van der Waals surface area contributed by atoms with Crippen molar-refractivity contribution < 1.29 is 19.1 Å². The zero-order chi connectivity index (χ0) is 21.3. The van der Waals surface area contributed by atoms with Crippen molar-refractivity contribution in [3.05, 3.63) is 64.7 Å². The second kappa shape index (κ2) is 7.65. The Bertz CT molecular complexity index is 1100. The van der Waals surface area contributed by atoms with E-state index in [1.54, 1.807) is 19.2 Å². The fourth-order valence-corrected chi connectivity index (χ4v) is 3.66. The van der Waals surface area contributed by atoms with Crippen LogP contribution in [0, 0.1) is 18.8 Å². The summed E-state index contributed by atoms with van der Waals surface area (Å²) in [7, 11) is 1.55. The van der Waals surface area contributed by atoms with E-state index in [-0.39, 0.29) is 18.9 Å². The number of nitrogens with one attached hydrogen (secondary N) is 2. The molecule has 0 spiro atoms. The zero-order valence-electron chi connectivity index (χ0n) is 16.7. The molecule has 2 aromatic carbocycles. The predicted molar refractivity (Wildman–Crippen MR) is 110 cm³/mol. The molecule has 0 bridgehead atoms. The van der Waals surface area contributed by atoms with Gasteiger partial charge in [-0.05, 0) is 36.8 Å². The number of aryl methyl sites for hydroxylation is 1. The van der Waals surface area contributed by atoms with Crippen molar-refractivity contribution >= 4 is 17.7 Å². The Hall–Kier alpha value is -3.63. The molecule has 4 rings (SSSR count). The van der Waals surface area contributed by atoms with Gasteiger partial charge < -0.3 is 10.1 Å². The van der Waals surface area contributed by atoms with Crippen molar-refractivity contribution in [1.29, 1.82) is 0 Å². The number of carbonyl (C=O) groups excluding carboxylic acids is 3. The van der Waals surface area contributed by atoms with Crippen LogP contribution in [0.1, 0.15) is 27.0 Å². The number of imide groups is 1. The van der Waals surface area contributed by atoms with Crippen molar-refractivity contribution in [3.8, 4) is 17.6 Å². The lowest BCUT2D eigenvalue weighted by molar-refractivity contribution is -0.122. The van der Waals surface area contributed by atoms with Gasteiger partial charge in [-0.25, -0.2) is 4.79 Å². The number of ether oxygens (including phenoxy) is 1. The van der Waals surface area contributed by atoms with Crippen LogP contribution in [0.15, 0.2) is 42.5 Å². The lowest BCUT2D eigenvalue weighted by Crippen LogP contribution is -2.55. The Balaban J connectivity index is 1.62. The van der Waals surface area contributed by atoms with E-state index in [1.165, 1.54) is 0 Å². The van der Waals surface area contributed by atoms with Crippen LogP contribution in [0.25, 0.3) is 0 Å². The van der Waals surface area contributed by atoms with Crippen molar-refractivity contribution in [3.63, 3.8) is 0 Å². The summed E-state index contributed by atoms with van der Waals surface area (Å²) in [5.41, 5.74) is 1.88. The molecule has 3 amide bonds. The SMILES string of the molecule is COc1ccc2c(c1)C(=O)CN(C[C@@]1(C#Cc3ccc(C)cc3)NC(=O)NC1=O)C2. The number of methoxy groups -OCH3 is 1. The molecule has 7 nitrogen and oxygen atoms in total. The third kappa shape index (κ3) is 3.78. The van der Waals surface area contributed by atoms with Crippen LogP contribution in [0.4, 0.5) is 4.79 Å². The molecule has 2 aromatic rings. The van der Waals surface area contributed by atoms with Crippen LogP contribution in [0.2, 0.25) is 0 Å². The Morgan fingerprint density at radius 1 is 1.10 bits per heavy atom. The normalized spacial score (nSPS) is 20.7. The predicted octanol–water partition coefficient (Wildman–Crippen LogP) is 1.63. The van der Waals surface area contributed by atoms with Crippen LogP contribution >= 0.6 is 0 Å². The van der Waals surface area contributed by atoms with E-state index < -0.39 is 17.5 Å². The van der Waals surface area contributed by atoms with E-state index in [0.717, 1.165) is 16.7 Å². The molecule has 0 aromatic heterocycles. The van der Waals surface area contributed by atoms with E-state index >= 15 is 0 Å². The fourth-order valence-electron chi connectivity index (χ4n) is 3.66. The molecule has 1 fully saturated rings. The second-order valence-electron chi connectivity index (χ2n) is 7.52. The highest BCUT2D eigenvalue weighted by Gasteiger charge is 2.47. The molecule has 0 radical (unpaired) electrons. The van der Waals surface area contributed by atoms with Gasteiger partial charge in [0.1, 0.15) is 5.75 Å². The monoisotopic (exact) mass is 403 g/mol. The van der Waals surface area contributed by atoms with Crippen LogP contribution in [-0.2, 0) is 11.3 Å². The lowest BCUT2D eigenvalue weighted by Gasteiger charge is -2.32. The number of rotatable bonds is 3. The van der Waals surface area contributed by atoms with Crippen molar-refractivity contribution in [2.24, 2.45) is 0 Å². The highest BCUT2D eigenvalue weighted by atomic mass is 16.5. The summed E-state index contributed by atoms with van der Waals surface area (Å²) in [6, 6.07) is 12.4. The first-order valence-electron chi connectivity index (χ1n) is 9.54. The van der Waals surface area contributed by atoms with Gasteiger partial charge in [-0.2, -0.15) is 0 Å². The molecule has 2 N–H and O–H groups in total. The first kappa shape index (κ1) is 19.7. The van der Waals surface area contributed by atoms with Crippen molar-refractivity contribution in [2.75, 3.05) is 20.2 Å². The number of hydrogen-bond donors (Lipinski definition) is 2. The number of urea groups is 1. The summed E-state index contributed by atoms with van der Waals surface area (Å²) in [6.45, 7) is 2.66. The van der Waals surface area contributed by atoms with E-state index in [9.17, 15) is 14.4 Å². The molecule has 0 unspecified atom stereocenters. The second-order valence-corrected chi connectivity index (χ2v) is 7.52. The third-order valence-electron chi connectivity index (χ3n) is 5.25. The topological polar surface area (TPSA) is 87.7 Å². The standard InChI is InChI=1S/C23H21N3O4/c1-15-3-5-16(6-4-15)9-10-23(21(28)24-22(29)25-23)14-26-12-17-7-8-18(30-2)11-19(17)20(27)13-26/h3-8,11H,12-14H2,1-2H3,(H2,24,25,28,29)/t23-/m1/s1. The average molecular weight is 403 g/mol. The smallest absolute Gasteiger partial charge is 0.323 e. The molecule has 1 saturated heterocycles. The number of amides is 3. The summed E-state index contributed by atoms with van der Waals surface area (Å²) >= 11 is 0. The van der Waals surface area contributed by atoms with Gasteiger partial charge in [0.2, 0.25) is 0 Å². The summed E-state index contributed by atoms with van der Waals surface area (Å²) < 4.78 is 5.20. The van der Waals surface area contributed by atoms with Gasteiger partial charge in [0.25, 0.3) is 5.91 Å². The van der Waals surface area contributed by atoms with Crippen molar-refractivity contribution in [1.82, 2.24) is 15.5 Å². The summed E-state index contributed by atoms with van der Waals surface area (Å²) in [6.07, 6.45) is 0. The molecule has 2 heterocycles. The average Bonchev–Trinajstić information content (AvgIpc) is 3.00. The molecule has 30 heavy (non-hydrogen) atoms. The van der Waals surface area contributed by atoms with Gasteiger partial charge in [-0.15, -0.1) is 0 Å². The maximum Gasteiger partial charge on any atom is 0.323 e. The molecule has 1 atom stereocenters. The number of Topliss-reactive ketones (excluding diaryl/α,β-unsaturated/α-hetero) is 1. The highest BCUT2D eigenvalue weighted by molar-refractivity contribution is 6.09. The molecule has 0 saturated carbocycles. The highest BCUT2D eigenvalue weighted by Crippen LogP contribution is 2.25. The van der Waals surface area contributed by atoms with E-state index in [0.29, 0.717) is 17.9 Å². The van der Waals surface area contributed by atoms with Crippen molar-refractivity contribution in [2.45, 2.75) is 19.0 Å². The van der Waals surface area contributed by atoms with E-state index in [4.69, 9.17) is 4.74 Å². The van der Waals surface area contributed by atoms with Gasteiger partial charge in [-0.1, -0.05) is 35.6 Å². The van der Waals surface area contributed by atoms with E-state index in [2.05, 4.69) is 22.5 Å². The molecular formula is C23H21N3O4. The van der Waals surface area contributed by atoms with Crippen LogP contribution in [-0.4, -0.2) is 48.4 Å². The molecule has 7 heteroatoms. The molecule has 2 aliphatic rings.